The van der Waals surface area contributed by atoms with E-state index in [0.717, 1.165) is 11.3 Å². The van der Waals surface area contributed by atoms with Crippen molar-refractivity contribution in [2.24, 2.45) is 0 Å². The van der Waals surface area contributed by atoms with Crippen LogP contribution < -0.4 is 19.5 Å². The van der Waals surface area contributed by atoms with Crippen molar-refractivity contribution in [1.82, 2.24) is 5.32 Å². The Hall–Kier alpha value is -2.89. The van der Waals surface area contributed by atoms with Crippen molar-refractivity contribution in [3.8, 4) is 17.2 Å². The molecular weight excluding hydrogens is 322 g/mol. The number of methoxy groups -OCH3 is 1. The van der Waals surface area contributed by atoms with Gasteiger partial charge < -0.3 is 24.3 Å². The Kier molecular flexibility index (Phi) is 5.28. The first-order valence-corrected chi connectivity index (χ1v) is 8.10. The fourth-order valence-electron chi connectivity index (χ4n) is 2.51. The van der Waals surface area contributed by atoms with E-state index in [0.29, 0.717) is 18.1 Å². The number of carbonyl (C=O) groups is 1. The summed E-state index contributed by atoms with van der Waals surface area (Å²) < 4.78 is 21.9. The van der Waals surface area contributed by atoms with Gasteiger partial charge in [0.15, 0.2) is 17.6 Å². The molecule has 25 heavy (non-hydrogen) atoms. The van der Waals surface area contributed by atoms with E-state index >= 15 is 0 Å². The van der Waals surface area contributed by atoms with E-state index in [1.54, 1.807) is 7.11 Å². The number of para-hydroxylation sites is 2. The van der Waals surface area contributed by atoms with Crippen molar-refractivity contribution >= 4 is 6.09 Å². The summed E-state index contributed by atoms with van der Waals surface area (Å²) >= 11 is 0. The van der Waals surface area contributed by atoms with Gasteiger partial charge >= 0.3 is 6.09 Å². The van der Waals surface area contributed by atoms with Crippen LogP contribution in [0.25, 0.3) is 0 Å². The van der Waals surface area contributed by atoms with Crippen molar-refractivity contribution < 1.29 is 23.7 Å². The largest absolute Gasteiger partial charge is 0.497 e. The van der Waals surface area contributed by atoms with Crippen LogP contribution in [0.3, 0.4) is 0 Å². The van der Waals surface area contributed by atoms with Gasteiger partial charge in [-0.15, -0.1) is 0 Å². The number of rotatable bonds is 5. The maximum absolute atomic E-state index is 12.0. The summed E-state index contributed by atoms with van der Waals surface area (Å²) in [5.41, 5.74) is 0.855. The highest BCUT2D eigenvalue weighted by Gasteiger charge is 2.27. The molecule has 1 N–H and O–H groups in total. The van der Waals surface area contributed by atoms with Crippen molar-refractivity contribution in [1.29, 1.82) is 0 Å². The van der Waals surface area contributed by atoms with Crippen molar-refractivity contribution in [2.45, 2.75) is 25.7 Å². The van der Waals surface area contributed by atoms with Crippen LogP contribution in [-0.4, -0.2) is 32.0 Å². The number of ether oxygens (including phenoxy) is 4. The number of nitrogens with one attached hydrogen (secondary N) is 1. The summed E-state index contributed by atoms with van der Waals surface area (Å²) in [7, 11) is 1.60. The second-order valence-electron chi connectivity index (χ2n) is 5.77. The van der Waals surface area contributed by atoms with E-state index in [2.05, 4.69) is 5.32 Å². The fourth-order valence-corrected chi connectivity index (χ4v) is 2.51. The molecule has 1 heterocycles. The quantitative estimate of drug-likeness (QED) is 0.903. The molecule has 0 unspecified atom stereocenters. The minimum atomic E-state index is -0.502. The van der Waals surface area contributed by atoms with Crippen LogP contribution in [0.4, 0.5) is 4.79 Å². The molecular formula is C19H21NO5. The Bertz CT molecular complexity index is 733. The third-order valence-electron chi connectivity index (χ3n) is 3.94. The molecule has 0 saturated carbocycles. The molecule has 1 amide bonds. The van der Waals surface area contributed by atoms with Gasteiger partial charge in [0.25, 0.3) is 0 Å². The number of hydrogen-bond acceptors (Lipinski definition) is 5. The average Bonchev–Trinajstić information content (AvgIpc) is 2.66. The number of carbonyl (C=O) groups excluding carboxylic acids is 1. The second-order valence-corrected chi connectivity index (χ2v) is 5.77. The average molecular weight is 343 g/mol. The molecule has 1 aliphatic rings. The molecule has 3 rings (SSSR count). The predicted octanol–water partition coefficient (Wildman–Crippen LogP) is 3.15. The first kappa shape index (κ1) is 17.0. The minimum absolute atomic E-state index is 0.167. The summed E-state index contributed by atoms with van der Waals surface area (Å²) in [6, 6.07) is 14.6. The van der Waals surface area contributed by atoms with Gasteiger partial charge in [-0.1, -0.05) is 24.3 Å². The lowest BCUT2D eigenvalue weighted by atomic mass is 10.1. The van der Waals surface area contributed by atoms with Crippen molar-refractivity contribution in [3.63, 3.8) is 0 Å². The normalized spacial score (nSPS) is 16.6. The summed E-state index contributed by atoms with van der Waals surface area (Å²) in [6.45, 7) is 2.39. The Balaban J connectivity index is 1.49. The van der Waals surface area contributed by atoms with Gasteiger partial charge in [0.2, 0.25) is 0 Å². The van der Waals surface area contributed by atoms with Gasteiger partial charge in [-0.05, 0) is 36.8 Å². The zero-order chi connectivity index (χ0) is 17.6. The van der Waals surface area contributed by atoms with E-state index in [-0.39, 0.29) is 18.8 Å². The maximum Gasteiger partial charge on any atom is 0.407 e. The lowest BCUT2D eigenvalue weighted by Gasteiger charge is -2.30. The number of alkyl carbamates (subject to hydrolysis) is 1. The Morgan fingerprint density at radius 3 is 2.84 bits per heavy atom. The van der Waals surface area contributed by atoms with Crippen LogP contribution in [0.15, 0.2) is 48.5 Å². The molecule has 0 fully saturated rings. The molecule has 0 aromatic heterocycles. The van der Waals surface area contributed by atoms with Gasteiger partial charge in [-0.3, -0.25) is 0 Å². The molecule has 2 aromatic rings. The van der Waals surface area contributed by atoms with E-state index in [1.807, 2.05) is 55.5 Å². The standard InChI is InChI=1S/C19H21NO5/c1-13(18-12-23-16-8-3-4-9-17(16)25-18)20-19(21)24-11-14-6-5-7-15(10-14)22-2/h3-10,13,18H,11-12H2,1-2H3,(H,20,21)/t13-,18+/m0/s1. The van der Waals surface area contributed by atoms with Crippen LogP contribution >= 0.6 is 0 Å². The molecule has 0 saturated heterocycles. The smallest absolute Gasteiger partial charge is 0.407 e. The number of amides is 1. The maximum atomic E-state index is 12.0. The predicted molar refractivity (Wildman–Crippen MR) is 92.1 cm³/mol. The number of fused-ring (bicyclic) bond motifs is 1. The van der Waals surface area contributed by atoms with Crippen LogP contribution in [0, 0.1) is 0 Å². The highest BCUT2D eigenvalue weighted by molar-refractivity contribution is 5.67. The van der Waals surface area contributed by atoms with Crippen LogP contribution in [0.1, 0.15) is 12.5 Å². The van der Waals surface area contributed by atoms with Crippen LogP contribution in [0.5, 0.6) is 17.2 Å². The van der Waals surface area contributed by atoms with Gasteiger partial charge in [0.05, 0.1) is 13.2 Å². The molecule has 0 bridgehead atoms. The summed E-state index contributed by atoms with van der Waals surface area (Å²) in [5, 5.41) is 2.78. The SMILES string of the molecule is COc1cccc(COC(=O)N[C@@H](C)[C@H]2COc3ccccc3O2)c1. The van der Waals surface area contributed by atoms with E-state index < -0.39 is 6.09 Å². The highest BCUT2D eigenvalue weighted by Crippen LogP contribution is 2.31. The van der Waals surface area contributed by atoms with E-state index in [9.17, 15) is 4.79 Å². The molecule has 2 aromatic carbocycles. The molecule has 132 valence electrons. The van der Waals surface area contributed by atoms with Crippen molar-refractivity contribution in [3.05, 3.63) is 54.1 Å². The molecule has 6 heteroatoms. The zero-order valence-electron chi connectivity index (χ0n) is 14.2. The van der Waals surface area contributed by atoms with Gasteiger partial charge in [-0.25, -0.2) is 4.79 Å². The van der Waals surface area contributed by atoms with Crippen LogP contribution in [-0.2, 0) is 11.3 Å². The summed E-state index contributed by atoms with van der Waals surface area (Å²) in [4.78, 5) is 12.0. The lowest BCUT2D eigenvalue weighted by Crippen LogP contribution is -2.48. The minimum Gasteiger partial charge on any atom is -0.497 e. The van der Waals surface area contributed by atoms with E-state index in [4.69, 9.17) is 18.9 Å². The van der Waals surface area contributed by atoms with Crippen LogP contribution in [0.2, 0.25) is 0 Å². The third kappa shape index (κ3) is 4.35. The van der Waals surface area contributed by atoms with Gasteiger partial charge in [0, 0.05) is 0 Å². The molecule has 1 aliphatic heterocycles. The third-order valence-corrected chi connectivity index (χ3v) is 3.94. The number of benzene rings is 2. The van der Waals surface area contributed by atoms with Gasteiger partial charge in [0.1, 0.15) is 19.0 Å². The Morgan fingerprint density at radius 2 is 2.04 bits per heavy atom. The van der Waals surface area contributed by atoms with Gasteiger partial charge in [-0.2, -0.15) is 0 Å². The molecule has 0 aliphatic carbocycles. The first-order chi connectivity index (χ1) is 12.2. The fraction of sp³-hybridized carbons (Fsp3) is 0.316. The number of hydrogen-bond donors (Lipinski definition) is 1. The monoisotopic (exact) mass is 343 g/mol. The molecule has 0 radical (unpaired) electrons. The Morgan fingerprint density at radius 1 is 1.24 bits per heavy atom. The highest BCUT2D eigenvalue weighted by atomic mass is 16.6. The Labute approximate surface area is 146 Å². The lowest BCUT2D eigenvalue weighted by molar-refractivity contribution is 0.0618. The molecule has 2 atom stereocenters. The van der Waals surface area contributed by atoms with Crippen molar-refractivity contribution in [2.75, 3.05) is 13.7 Å². The summed E-state index contributed by atoms with van der Waals surface area (Å²) in [6.07, 6.45) is -0.781. The summed E-state index contributed by atoms with van der Waals surface area (Å²) in [5.74, 6) is 2.12. The molecule has 0 spiro atoms. The first-order valence-electron chi connectivity index (χ1n) is 8.10. The second kappa shape index (κ2) is 7.79. The van der Waals surface area contributed by atoms with E-state index in [1.165, 1.54) is 0 Å². The topological polar surface area (TPSA) is 66.0 Å². The zero-order valence-corrected chi connectivity index (χ0v) is 14.2. The molecule has 6 nitrogen and oxygen atoms in total.